The van der Waals surface area contributed by atoms with Crippen molar-refractivity contribution < 1.29 is 19.1 Å². The van der Waals surface area contributed by atoms with Gasteiger partial charge < -0.3 is 15.5 Å². The van der Waals surface area contributed by atoms with Gasteiger partial charge in [-0.05, 0) is 41.8 Å². The third-order valence-electron chi connectivity index (χ3n) is 4.67. The van der Waals surface area contributed by atoms with Crippen LogP contribution in [0.3, 0.4) is 0 Å². The van der Waals surface area contributed by atoms with Crippen LogP contribution < -0.4 is 16.6 Å². The van der Waals surface area contributed by atoms with Crippen LogP contribution in [0.5, 0.6) is 0 Å². The largest absolute Gasteiger partial charge is 0.465 e. The smallest absolute Gasteiger partial charge is 0.337 e. The quantitative estimate of drug-likeness (QED) is 0.289. The van der Waals surface area contributed by atoms with Crippen LogP contribution in [0.25, 0.3) is 0 Å². The lowest BCUT2D eigenvalue weighted by atomic mass is 10.0. The molecular formula is C20H22N4O4. The summed E-state index contributed by atoms with van der Waals surface area (Å²) in [6.07, 6.45) is 0.921. The standard InChI is InChI=1S/C20H22N4O4/c1-28-19(26)15-6-2-14(3-7-15)12-17-18(25)24(20(27)22-17)11-10-13-4-8-16(23-21)9-5-13/h2-9,17,23H,10-12,21H2,1H3,(H,22,27). The summed E-state index contributed by atoms with van der Waals surface area (Å²) in [6, 6.07) is 13.2. The summed E-state index contributed by atoms with van der Waals surface area (Å²) in [6.45, 7) is 0.303. The third-order valence-corrected chi connectivity index (χ3v) is 4.67. The highest BCUT2D eigenvalue weighted by Gasteiger charge is 2.37. The van der Waals surface area contributed by atoms with Gasteiger partial charge in [-0.15, -0.1) is 0 Å². The molecule has 0 radical (unpaired) electrons. The third kappa shape index (κ3) is 4.29. The zero-order valence-electron chi connectivity index (χ0n) is 15.5. The summed E-state index contributed by atoms with van der Waals surface area (Å²) in [4.78, 5) is 37.5. The van der Waals surface area contributed by atoms with Gasteiger partial charge in [0.2, 0.25) is 0 Å². The average Bonchev–Trinajstić information content (AvgIpc) is 2.99. The Morgan fingerprint density at radius 3 is 2.36 bits per heavy atom. The van der Waals surface area contributed by atoms with Gasteiger partial charge in [-0.1, -0.05) is 24.3 Å². The van der Waals surface area contributed by atoms with Crippen LogP contribution in [-0.2, 0) is 22.4 Å². The molecule has 3 rings (SSSR count). The summed E-state index contributed by atoms with van der Waals surface area (Å²) in [5, 5.41) is 2.72. The van der Waals surface area contributed by atoms with Crippen molar-refractivity contribution in [3.05, 3.63) is 65.2 Å². The van der Waals surface area contributed by atoms with E-state index in [0.29, 0.717) is 24.9 Å². The number of hydrogen-bond donors (Lipinski definition) is 3. The van der Waals surface area contributed by atoms with Crippen molar-refractivity contribution in [2.75, 3.05) is 19.1 Å². The minimum atomic E-state index is -0.611. The van der Waals surface area contributed by atoms with E-state index in [-0.39, 0.29) is 11.9 Å². The number of benzene rings is 2. The Morgan fingerprint density at radius 1 is 1.11 bits per heavy atom. The molecule has 1 unspecified atom stereocenters. The number of carbonyl (C=O) groups excluding carboxylic acids is 3. The lowest BCUT2D eigenvalue weighted by Gasteiger charge is -2.13. The number of nitrogen functional groups attached to an aromatic ring is 1. The number of carbonyl (C=O) groups is 3. The van der Waals surface area contributed by atoms with Gasteiger partial charge in [0.15, 0.2) is 0 Å². The second kappa shape index (κ2) is 8.53. The Hall–Kier alpha value is -3.39. The molecule has 4 N–H and O–H groups in total. The van der Waals surface area contributed by atoms with Crippen molar-refractivity contribution in [1.29, 1.82) is 0 Å². The highest BCUT2D eigenvalue weighted by Crippen LogP contribution is 2.15. The number of esters is 1. The Kier molecular flexibility index (Phi) is 5.90. The molecule has 0 aliphatic carbocycles. The van der Waals surface area contributed by atoms with Crippen LogP contribution in [0.1, 0.15) is 21.5 Å². The molecule has 2 aromatic rings. The molecule has 0 bridgehead atoms. The number of methoxy groups -OCH3 is 1. The molecule has 0 saturated carbocycles. The van der Waals surface area contributed by atoms with Crippen molar-refractivity contribution in [3.63, 3.8) is 0 Å². The number of anilines is 1. The molecule has 146 valence electrons. The number of urea groups is 1. The predicted molar refractivity (Wildman–Crippen MR) is 103 cm³/mol. The number of nitrogens with two attached hydrogens (primary N) is 1. The van der Waals surface area contributed by atoms with E-state index in [4.69, 9.17) is 5.84 Å². The number of hydrazine groups is 1. The first-order valence-corrected chi connectivity index (χ1v) is 8.86. The van der Waals surface area contributed by atoms with Crippen molar-refractivity contribution >= 4 is 23.6 Å². The van der Waals surface area contributed by atoms with Gasteiger partial charge in [-0.25, -0.2) is 9.59 Å². The van der Waals surface area contributed by atoms with Gasteiger partial charge in [-0.2, -0.15) is 0 Å². The lowest BCUT2D eigenvalue weighted by molar-refractivity contribution is -0.127. The maximum Gasteiger partial charge on any atom is 0.337 e. The molecule has 0 spiro atoms. The van der Waals surface area contributed by atoms with Gasteiger partial charge in [0, 0.05) is 18.7 Å². The van der Waals surface area contributed by atoms with Gasteiger partial charge in [0.1, 0.15) is 6.04 Å². The van der Waals surface area contributed by atoms with Crippen LogP contribution in [0, 0.1) is 0 Å². The van der Waals surface area contributed by atoms with Gasteiger partial charge >= 0.3 is 12.0 Å². The fourth-order valence-electron chi connectivity index (χ4n) is 3.07. The highest BCUT2D eigenvalue weighted by molar-refractivity contribution is 6.04. The van der Waals surface area contributed by atoms with Crippen molar-refractivity contribution in [3.8, 4) is 0 Å². The zero-order chi connectivity index (χ0) is 20.1. The fraction of sp³-hybridized carbons (Fsp3) is 0.250. The second-order valence-corrected chi connectivity index (χ2v) is 6.48. The van der Waals surface area contributed by atoms with E-state index in [1.54, 1.807) is 24.3 Å². The topological polar surface area (TPSA) is 114 Å². The first-order chi connectivity index (χ1) is 13.5. The molecule has 8 nitrogen and oxygen atoms in total. The summed E-state index contributed by atoms with van der Waals surface area (Å²) >= 11 is 0. The summed E-state index contributed by atoms with van der Waals surface area (Å²) in [7, 11) is 1.32. The molecule has 1 aliphatic rings. The molecule has 3 amide bonds. The highest BCUT2D eigenvalue weighted by atomic mass is 16.5. The molecule has 0 aromatic heterocycles. The molecule has 1 atom stereocenters. The van der Waals surface area contributed by atoms with E-state index >= 15 is 0 Å². The van der Waals surface area contributed by atoms with Gasteiger partial charge in [-0.3, -0.25) is 15.5 Å². The molecule has 2 aromatic carbocycles. The Bertz CT molecular complexity index is 865. The van der Waals surface area contributed by atoms with E-state index in [1.165, 1.54) is 12.0 Å². The molecule has 28 heavy (non-hydrogen) atoms. The Morgan fingerprint density at radius 2 is 1.75 bits per heavy atom. The Balaban J connectivity index is 1.58. The second-order valence-electron chi connectivity index (χ2n) is 6.48. The minimum absolute atomic E-state index is 0.248. The molecular weight excluding hydrogens is 360 g/mol. The molecule has 1 aliphatic heterocycles. The first-order valence-electron chi connectivity index (χ1n) is 8.86. The van der Waals surface area contributed by atoms with E-state index < -0.39 is 12.0 Å². The van der Waals surface area contributed by atoms with E-state index in [0.717, 1.165) is 16.8 Å². The van der Waals surface area contributed by atoms with Gasteiger partial charge in [0.25, 0.3) is 5.91 Å². The monoisotopic (exact) mass is 382 g/mol. The average molecular weight is 382 g/mol. The number of imide groups is 1. The summed E-state index contributed by atoms with van der Waals surface area (Å²) < 4.78 is 4.66. The van der Waals surface area contributed by atoms with Crippen molar-refractivity contribution in [2.24, 2.45) is 5.84 Å². The summed E-state index contributed by atoms with van der Waals surface area (Å²) in [5.74, 6) is 4.67. The zero-order valence-corrected chi connectivity index (χ0v) is 15.5. The van der Waals surface area contributed by atoms with E-state index in [9.17, 15) is 14.4 Å². The lowest BCUT2D eigenvalue weighted by Crippen LogP contribution is -2.33. The Labute approximate surface area is 162 Å². The number of nitrogens with one attached hydrogen (secondary N) is 2. The molecule has 1 saturated heterocycles. The molecule has 8 heteroatoms. The summed E-state index contributed by atoms with van der Waals surface area (Å²) in [5.41, 5.74) is 5.62. The van der Waals surface area contributed by atoms with Crippen LogP contribution in [-0.4, -0.2) is 42.5 Å². The van der Waals surface area contributed by atoms with Crippen LogP contribution in [0.4, 0.5) is 10.5 Å². The normalized spacial score (nSPS) is 16.1. The van der Waals surface area contributed by atoms with E-state index in [1.807, 2.05) is 24.3 Å². The number of rotatable bonds is 7. The predicted octanol–water partition coefficient (Wildman–Crippen LogP) is 1.46. The van der Waals surface area contributed by atoms with Crippen LogP contribution >= 0.6 is 0 Å². The van der Waals surface area contributed by atoms with Gasteiger partial charge in [0.05, 0.1) is 12.7 Å². The number of nitrogens with zero attached hydrogens (tertiary/aromatic N) is 1. The maximum atomic E-state index is 12.6. The molecule has 1 fully saturated rings. The SMILES string of the molecule is COC(=O)c1ccc(CC2NC(=O)N(CCc3ccc(NN)cc3)C2=O)cc1. The minimum Gasteiger partial charge on any atom is -0.465 e. The maximum absolute atomic E-state index is 12.6. The number of hydrogen-bond acceptors (Lipinski definition) is 6. The van der Waals surface area contributed by atoms with Crippen molar-refractivity contribution in [2.45, 2.75) is 18.9 Å². The van der Waals surface area contributed by atoms with Crippen LogP contribution in [0.2, 0.25) is 0 Å². The van der Waals surface area contributed by atoms with Crippen molar-refractivity contribution in [1.82, 2.24) is 10.2 Å². The van der Waals surface area contributed by atoms with Crippen LogP contribution in [0.15, 0.2) is 48.5 Å². The fourth-order valence-corrected chi connectivity index (χ4v) is 3.07. The first kappa shape index (κ1) is 19.4. The number of amides is 3. The number of ether oxygens (including phenoxy) is 1. The molecule has 1 heterocycles. The van der Waals surface area contributed by atoms with E-state index in [2.05, 4.69) is 15.5 Å².